The topological polar surface area (TPSA) is 43.1 Å². The Morgan fingerprint density at radius 1 is 1.60 bits per heavy atom. The highest BCUT2D eigenvalue weighted by molar-refractivity contribution is 6.04. The van der Waals surface area contributed by atoms with Gasteiger partial charge in [0, 0.05) is 6.42 Å². The van der Waals surface area contributed by atoms with Gasteiger partial charge in [0.2, 0.25) is 5.78 Å². The number of rotatable bonds is 0. The number of carbonyl (C=O) groups excluding carboxylic acids is 1. The fourth-order valence-corrected chi connectivity index (χ4v) is 0.968. The average Bonchev–Trinajstić information content (AvgIpc) is 2.36. The molecule has 0 saturated heterocycles. The van der Waals surface area contributed by atoms with Crippen LogP contribution in [0.25, 0.3) is 0 Å². The highest BCUT2D eigenvalue weighted by atomic mass is 16.3. The highest BCUT2D eigenvalue weighted by Crippen LogP contribution is 2.13. The van der Waals surface area contributed by atoms with Crippen LogP contribution in [0.2, 0.25) is 0 Å². The van der Waals surface area contributed by atoms with Gasteiger partial charge in [0.15, 0.2) is 12.2 Å². The second-order valence-electron chi connectivity index (χ2n) is 2.10. The first-order valence-electron chi connectivity index (χ1n) is 3.01. The first-order valence-corrected chi connectivity index (χ1v) is 3.01. The van der Waals surface area contributed by atoms with E-state index in [2.05, 4.69) is 4.98 Å². The molecule has 0 aliphatic heterocycles. The molecule has 0 amide bonds. The minimum atomic E-state index is -0.0845. The summed E-state index contributed by atoms with van der Waals surface area (Å²) in [6.45, 7) is 0. The average molecular weight is 135 g/mol. The summed E-state index contributed by atoms with van der Waals surface area (Å²) in [5, 5.41) is 0. The fraction of sp³-hybridized carbons (Fsp3) is 0.143. The molecule has 10 heavy (non-hydrogen) atoms. The molecule has 0 saturated carbocycles. The van der Waals surface area contributed by atoms with Crippen LogP contribution in [0.3, 0.4) is 0 Å². The molecule has 0 N–H and O–H groups in total. The van der Waals surface area contributed by atoms with Crippen molar-refractivity contribution in [2.24, 2.45) is 0 Å². The van der Waals surface area contributed by atoms with Crippen LogP contribution in [-0.2, 0) is 6.42 Å². The number of nitrogens with zero attached hydrogens (tertiary/aromatic N) is 1. The van der Waals surface area contributed by atoms with E-state index in [1.807, 2.05) is 0 Å². The molecule has 0 atom stereocenters. The quantitative estimate of drug-likeness (QED) is 0.532. The summed E-state index contributed by atoms with van der Waals surface area (Å²) in [6, 6.07) is 0. The molecule has 0 radical (unpaired) electrons. The molecule has 0 spiro atoms. The van der Waals surface area contributed by atoms with E-state index >= 15 is 0 Å². The number of fused-ring (bicyclic) bond motifs is 1. The van der Waals surface area contributed by atoms with Gasteiger partial charge in [-0.2, -0.15) is 0 Å². The summed E-state index contributed by atoms with van der Waals surface area (Å²) >= 11 is 0. The Hall–Kier alpha value is -1.38. The molecular weight excluding hydrogens is 130 g/mol. The zero-order valence-electron chi connectivity index (χ0n) is 5.20. The second kappa shape index (κ2) is 1.80. The number of aromatic nitrogens is 1. The Labute approximate surface area is 57.4 Å². The van der Waals surface area contributed by atoms with Crippen LogP contribution in [0, 0.1) is 0 Å². The lowest BCUT2D eigenvalue weighted by Gasteiger charge is -1.97. The minimum absolute atomic E-state index is 0.0845. The molecule has 0 aromatic carbocycles. The zero-order valence-corrected chi connectivity index (χ0v) is 5.20. The maximum absolute atomic E-state index is 10.9. The van der Waals surface area contributed by atoms with Crippen molar-refractivity contribution in [1.29, 1.82) is 0 Å². The number of hydrogen-bond acceptors (Lipinski definition) is 3. The van der Waals surface area contributed by atoms with Gasteiger partial charge >= 0.3 is 0 Å². The molecule has 0 bridgehead atoms. The maximum atomic E-state index is 10.9. The predicted octanol–water partition coefficient (Wildman–Crippen LogP) is 0.970. The highest BCUT2D eigenvalue weighted by Gasteiger charge is 2.16. The van der Waals surface area contributed by atoms with Crippen molar-refractivity contribution in [1.82, 2.24) is 4.98 Å². The number of ketones is 1. The van der Waals surface area contributed by atoms with Crippen LogP contribution in [0.1, 0.15) is 16.2 Å². The van der Waals surface area contributed by atoms with E-state index in [1.54, 1.807) is 6.08 Å². The summed E-state index contributed by atoms with van der Waals surface area (Å²) in [7, 11) is 0. The van der Waals surface area contributed by atoms with Crippen molar-refractivity contribution in [2.45, 2.75) is 6.42 Å². The SMILES string of the molecule is O=C1C=CCc2ncoc21. The molecule has 50 valence electrons. The Morgan fingerprint density at radius 2 is 2.50 bits per heavy atom. The van der Waals surface area contributed by atoms with E-state index in [0.717, 1.165) is 5.69 Å². The Balaban J connectivity index is 2.58. The van der Waals surface area contributed by atoms with Gasteiger partial charge in [-0.15, -0.1) is 0 Å². The molecule has 2 rings (SSSR count). The summed E-state index contributed by atoms with van der Waals surface area (Å²) < 4.78 is 4.86. The summed E-state index contributed by atoms with van der Waals surface area (Å²) in [5.41, 5.74) is 0.743. The number of allylic oxidation sites excluding steroid dienone is 2. The van der Waals surface area contributed by atoms with Gasteiger partial charge in [-0.1, -0.05) is 6.08 Å². The molecule has 1 aliphatic carbocycles. The molecule has 3 heteroatoms. The van der Waals surface area contributed by atoms with E-state index in [1.165, 1.54) is 12.5 Å². The van der Waals surface area contributed by atoms with Gasteiger partial charge in [-0.3, -0.25) is 4.79 Å². The van der Waals surface area contributed by atoms with E-state index in [0.29, 0.717) is 12.2 Å². The Bertz CT molecular complexity index is 298. The van der Waals surface area contributed by atoms with Crippen molar-refractivity contribution >= 4 is 5.78 Å². The molecule has 3 nitrogen and oxygen atoms in total. The van der Waals surface area contributed by atoms with Crippen LogP contribution in [0.5, 0.6) is 0 Å². The maximum Gasteiger partial charge on any atom is 0.222 e. The third-order valence-electron chi connectivity index (χ3n) is 1.45. The van der Waals surface area contributed by atoms with Crippen molar-refractivity contribution in [3.63, 3.8) is 0 Å². The van der Waals surface area contributed by atoms with Crippen molar-refractivity contribution < 1.29 is 9.21 Å². The van der Waals surface area contributed by atoms with E-state index in [-0.39, 0.29) is 5.78 Å². The summed E-state index contributed by atoms with van der Waals surface area (Å²) in [4.78, 5) is 14.8. The van der Waals surface area contributed by atoms with Crippen LogP contribution in [0.15, 0.2) is 23.0 Å². The minimum Gasteiger partial charge on any atom is -0.440 e. The summed E-state index contributed by atoms with van der Waals surface area (Å²) in [5.74, 6) is 0.307. The first kappa shape index (κ1) is 5.41. The van der Waals surface area contributed by atoms with E-state index < -0.39 is 0 Å². The monoisotopic (exact) mass is 135 g/mol. The van der Waals surface area contributed by atoms with Gasteiger partial charge in [0.1, 0.15) is 0 Å². The number of oxazole rings is 1. The molecule has 1 aliphatic rings. The summed E-state index contributed by atoms with van der Waals surface area (Å²) in [6.07, 6.45) is 5.30. The second-order valence-corrected chi connectivity index (χ2v) is 2.10. The fourth-order valence-electron chi connectivity index (χ4n) is 0.968. The third-order valence-corrected chi connectivity index (χ3v) is 1.45. The predicted molar refractivity (Wildman–Crippen MR) is 33.7 cm³/mol. The molecule has 1 heterocycles. The Morgan fingerprint density at radius 3 is 3.30 bits per heavy atom. The lowest BCUT2D eigenvalue weighted by Crippen LogP contribution is -2.02. The molecule has 0 unspecified atom stereocenters. The Kier molecular flexibility index (Phi) is 0.974. The standard InChI is InChI=1S/C7H5NO2/c9-6-3-1-2-5-7(6)10-4-8-5/h1,3-4H,2H2. The van der Waals surface area contributed by atoms with Crippen LogP contribution >= 0.6 is 0 Å². The van der Waals surface area contributed by atoms with E-state index in [4.69, 9.17) is 4.42 Å². The lowest BCUT2D eigenvalue weighted by molar-refractivity contribution is 0.101. The van der Waals surface area contributed by atoms with Crippen molar-refractivity contribution in [3.05, 3.63) is 30.0 Å². The molecule has 1 aromatic rings. The van der Waals surface area contributed by atoms with E-state index in [9.17, 15) is 4.79 Å². The van der Waals surface area contributed by atoms with Crippen LogP contribution in [0.4, 0.5) is 0 Å². The van der Waals surface area contributed by atoms with Crippen molar-refractivity contribution in [3.8, 4) is 0 Å². The third kappa shape index (κ3) is 0.603. The zero-order chi connectivity index (χ0) is 6.97. The normalized spacial score (nSPS) is 15.4. The number of hydrogen-bond donors (Lipinski definition) is 0. The molecular formula is C7H5NO2. The van der Waals surface area contributed by atoms with Gasteiger partial charge in [-0.25, -0.2) is 4.98 Å². The first-order chi connectivity index (χ1) is 4.88. The smallest absolute Gasteiger partial charge is 0.222 e. The largest absolute Gasteiger partial charge is 0.440 e. The van der Waals surface area contributed by atoms with Gasteiger partial charge < -0.3 is 4.42 Å². The van der Waals surface area contributed by atoms with Crippen LogP contribution < -0.4 is 0 Å². The molecule has 0 fully saturated rings. The molecule has 1 aromatic heterocycles. The van der Waals surface area contributed by atoms with Gasteiger partial charge in [0.25, 0.3) is 0 Å². The van der Waals surface area contributed by atoms with Gasteiger partial charge in [0.05, 0.1) is 5.69 Å². The number of carbonyl (C=O) groups is 1. The lowest BCUT2D eigenvalue weighted by atomic mass is 10.1. The van der Waals surface area contributed by atoms with Crippen LogP contribution in [-0.4, -0.2) is 10.8 Å². The van der Waals surface area contributed by atoms with Gasteiger partial charge in [-0.05, 0) is 6.08 Å². The van der Waals surface area contributed by atoms with Crippen molar-refractivity contribution in [2.75, 3.05) is 0 Å².